The zero-order valence-corrected chi connectivity index (χ0v) is 11.5. The van der Waals surface area contributed by atoms with E-state index in [-0.39, 0.29) is 6.04 Å². The van der Waals surface area contributed by atoms with Crippen LogP contribution in [0.1, 0.15) is 12.8 Å². The maximum absolute atomic E-state index is 13.3. The lowest BCUT2D eigenvalue weighted by atomic mass is 10.1. The first-order chi connectivity index (χ1) is 10.1. The van der Waals surface area contributed by atoms with Gasteiger partial charge in [-0.15, -0.1) is 0 Å². The van der Waals surface area contributed by atoms with Crippen LogP contribution in [0, 0.1) is 11.6 Å². The van der Waals surface area contributed by atoms with E-state index >= 15 is 0 Å². The van der Waals surface area contributed by atoms with Crippen LogP contribution in [-0.4, -0.2) is 29.1 Å². The van der Waals surface area contributed by atoms with Crippen molar-refractivity contribution < 1.29 is 8.78 Å². The summed E-state index contributed by atoms with van der Waals surface area (Å²) in [5, 5.41) is 0. The van der Waals surface area contributed by atoms with Crippen molar-refractivity contribution >= 4 is 5.95 Å². The minimum atomic E-state index is -0.617. The summed E-state index contributed by atoms with van der Waals surface area (Å²) in [7, 11) is 0. The molecule has 21 heavy (non-hydrogen) atoms. The monoisotopic (exact) mass is 290 g/mol. The first-order valence-electron chi connectivity index (χ1n) is 6.92. The number of piperidine rings is 1. The molecule has 1 aliphatic rings. The maximum atomic E-state index is 13.3. The highest BCUT2D eigenvalue weighted by atomic mass is 19.1. The molecule has 0 unspecified atom stereocenters. The van der Waals surface area contributed by atoms with E-state index < -0.39 is 11.6 Å². The minimum absolute atomic E-state index is 0.224. The Morgan fingerprint density at radius 2 is 1.76 bits per heavy atom. The second kappa shape index (κ2) is 5.73. The van der Waals surface area contributed by atoms with Crippen molar-refractivity contribution in [2.24, 2.45) is 5.73 Å². The van der Waals surface area contributed by atoms with Crippen LogP contribution in [0.3, 0.4) is 0 Å². The highest BCUT2D eigenvalue weighted by Gasteiger charge is 2.18. The Bertz CT molecular complexity index is 619. The summed E-state index contributed by atoms with van der Waals surface area (Å²) in [6.07, 6.45) is 3.39. The van der Waals surface area contributed by atoms with Crippen molar-refractivity contribution in [3.8, 4) is 11.3 Å². The van der Waals surface area contributed by atoms with Crippen molar-refractivity contribution in [2.75, 3.05) is 18.0 Å². The van der Waals surface area contributed by atoms with Gasteiger partial charge in [0.2, 0.25) is 5.95 Å². The molecule has 0 amide bonds. The average molecular weight is 290 g/mol. The molecule has 1 saturated heterocycles. The van der Waals surface area contributed by atoms with Gasteiger partial charge in [-0.1, -0.05) is 0 Å². The minimum Gasteiger partial charge on any atom is -0.341 e. The van der Waals surface area contributed by atoms with E-state index in [1.54, 1.807) is 12.3 Å². The molecular weight excluding hydrogens is 274 g/mol. The lowest BCUT2D eigenvalue weighted by Crippen LogP contribution is -2.40. The summed E-state index contributed by atoms with van der Waals surface area (Å²) in [6.45, 7) is 1.59. The molecule has 4 nitrogen and oxygen atoms in total. The Labute approximate surface area is 121 Å². The average Bonchev–Trinajstić information content (AvgIpc) is 2.47. The molecule has 0 saturated carbocycles. The van der Waals surface area contributed by atoms with Crippen LogP contribution in [0.5, 0.6) is 0 Å². The second-order valence-corrected chi connectivity index (χ2v) is 5.22. The summed E-state index contributed by atoms with van der Waals surface area (Å²) in [5.41, 5.74) is 6.79. The number of nitrogens with two attached hydrogens (primary N) is 1. The quantitative estimate of drug-likeness (QED) is 0.922. The van der Waals surface area contributed by atoms with Crippen LogP contribution in [0.15, 0.2) is 30.5 Å². The van der Waals surface area contributed by atoms with Crippen LogP contribution in [0.4, 0.5) is 14.7 Å². The maximum Gasteiger partial charge on any atom is 0.225 e. The fraction of sp³-hybridized carbons (Fsp3) is 0.333. The van der Waals surface area contributed by atoms with Crippen LogP contribution in [0.2, 0.25) is 0 Å². The summed E-state index contributed by atoms with van der Waals surface area (Å²) in [6, 6.07) is 5.25. The van der Waals surface area contributed by atoms with Gasteiger partial charge in [0.05, 0.1) is 5.69 Å². The van der Waals surface area contributed by atoms with Crippen molar-refractivity contribution in [2.45, 2.75) is 18.9 Å². The Balaban J connectivity index is 1.89. The van der Waals surface area contributed by atoms with Crippen LogP contribution < -0.4 is 10.6 Å². The van der Waals surface area contributed by atoms with Gasteiger partial charge in [0, 0.05) is 37.0 Å². The van der Waals surface area contributed by atoms with E-state index in [1.165, 1.54) is 12.1 Å². The second-order valence-electron chi connectivity index (χ2n) is 5.22. The molecule has 110 valence electrons. The standard InChI is InChI=1S/C15H16F2N4/c16-11-7-10(8-12(17)9-11)14-1-4-19-15(20-14)21-5-2-13(18)3-6-21/h1,4,7-9,13H,2-3,5-6,18H2. The summed E-state index contributed by atoms with van der Waals surface area (Å²) < 4.78 is 26.6. The molecule has 0 spiro atoms. The van der Waals surface area contributed by atoms with Crippen molar-refractivity contribution in [3.05, 3.63) is 42.1 Å². The highest BCUT2D eigenvalue weighted by molar-refractivity contribution is 5.60. The molecule has 2 aromatic rings. The van der Waals surface area contributed by atoms with Crippen LogP contribution in [-0.2, 0) is 0 Å². The number of rotatable bonds is 2. The molecule has 1 aromatic heterocycles. The van der Waals surface area contributed by atoms with Gasteiger partial charge in [-0.25, -0.2) is 18.7 Å². The molecule has 2 N–H and O–H groups in total. The predicted molar refractivity (Wildman–Crippen MR) is 76.8 cm³/mol. The van der Waals surface area contributed by atoms with Crippen molar-refractivity contribution in [1.29, 1.82) is 0 Å². The Kier molecular flexibility index (Phi) is 3.79. The van der Waals surface area contributed by atoms with Gasteiger partial charge in [-0.3, -0.25) is 0 Å². The lowest BCUT2D eigenvalue weighted by molar-refractivity contribution is 0.495. The SMILES string of the molecule is NC1CCN(c2nccc(-c3cc(F)cc(F)c3)n2)CC1. The van der Waals surface area contributed by atoms with E-state index in [0.717, 1.165) is 32.0 Å². The number of nitrogens with zero attached hydrogens (tertiary/aromatic N) is 3. The molecular formula is C15H16F2N4. The molecule has 3 rings (SSSR count). The Hall–Kier alpha value is -2.08. The third-order valence-electron chi connectivity index (χ3n) is 3.62. The molecule has 1 fully saturated rings. The third kappa shape index (κ3) is 3.16. The number of benzene rings is 1. The number of hydrogen-bond donors (Lipinski definition) is 1. The molecule has 0 aliphatic carbocycles. The van der Waals surface area contributed by atoms with E-state index in [0.29, 0.717) is 17.2 Å². The molecule has 0 radical (unpaired) electrons. The van der Waals surface area contributed by atoms with E-state index in [4.69, 9.17) is 5.73 Å². The number of halogens is 2. The van der Waals surface area contributed by atoms with Gasteiger partial charge in [-0.05, 0) is 31.0 Å². The smallest absolute Gasteiger partial charge is 0.225 e. The van der Waals surface area contributed by atoms with E-state index in [9.17, 15) is 8.78 Å². The number of aromatic nitrogens is 2. The van der Waals surface area contributed by atoms with E-state index in [1.807, 2.05) is 4.90 Å². The molecule has 1 aromatic carbocycles. The number of anilines is 1. The normalized spacial score (nSPS) is 16.2. The molecule has 0 bridgehead atoms. The van der Waals surface area contributed by atoms with Gasteiger partial charge in [0.15, 0.2) is 0 Å². The predicted octanol–water partition coefficient (Wildman–Crippen LogP) is 2.35. The largest absolute Gasteiger partial charge is 0.341 e. The molecule has 2 heterocycles. The Morgan fingerprint density at radius 3 is 2.43 bits per heavy atom. The third-order valence-corrected chi connectivity index (χ3v) is 3.62. The molecule has 6 heteroatoms. The zero-order chi connectivity index (χ0) is 14.8. The van der Waals surface area contributed by atoms with Crippen LogP contribution >= 0.6 is 0 Å². The van der Waals surface area contributed by atoms with Gasteiger partial charge in [0.1, 0.15) is 11.6 Å². The summed E-state index contributed by atoms with van der Waals surface area (Å²) in [4.78, 5) is 10.7. The highest BCUT2D eigenvalue weighted by Crippen LogP contribution is 2.22. The summed E-state index contributed by atoms with van der Waals surface area (Å²) >= 11 is 0. The molecule has 0 atom stereocenters. The lowest BCUT2D eigenvalue weighted by Gasteiger charge is -2.30. The van der Waals surface area contributed by atoms with Crippen molar-refractivity contribution in [3.63, 3.8) is 0 Å². The Morgan fingerprint density at radius 1 is 1.10 bits per heavy atom. The summed E-state index contributed by atoms with van der Waals surface area (Å²) in [5.74, 6) is -0.660. The van der Waals surface area contributed by atoms with Gasteiger partial charge in [-0.2, -0.15) is 0 Å². The topological polar surface area (TPSA) is 55.0 Å². The van der Waals surface area contributed by atoms with Gasteiger partial charge >= 0.3 is 0 Å². The fourth-order valence-electron chi connectivity index (χ4n) is 2.46. The first kappa shape index (κ1) is 13.9. The molecule has 1 aliphatic heterocycles. The van der Waals surface area contributed by atoms with Crippen molar-refractivity contribution in [1.82, 2.24) is 9.97 Å². The fourth-order valence-corrected chi connectivity index (χ4v) is 2.46. The zero-order valence-electron chi connectivity index (χ0n) is 11.5. The number of hydrogen-bond acceptors (Lipinski definition) is 4. The van der Waals surface area contributed by atoms with Gasteiger partial charge < -0.3 is 10.6 Å². The van der Waals surface area contributed by atoms with E-state index in [2.05, 4.69) is 9.97 Å². The first-order valence-corrected chi connectivity index (χ1v) is 6.92. The van der Waals surface area contributed by atoms with Crippen LogP contribution in [0.25, 0.3) is 11.3 Å². The van der Waals surface area contributed by atoms with Gasteiger partial charge in [0.25, 0.3) is 0 Å².